The summed E-state index contributed by atoms with van der Waals surface area (Å²) in [5.41, 5.74) is 11.1. The maximum atomic E-state index is 12.5. The van der Waals surface area contributed by atoms with E-state index in [1.807, 2.05) is 48.5 Å². The fraction of sp³-hybridized carbons (Fsp3) is 0.167. The number of rotatable bonds is 7. The molecule has 3 aromatic rings. The molecule has 0 spiro atoms. The molecule has 9 heteroatoms. The summed E-state index contributed by atoms with van der Waals surface area (Å²) < 4.78 is 6.71. The van der Waals surface area contributed by atoms with Crippen LogP contribution in [0, 0.1) is 0 Å². The van der Waals surface area contributed by atoms with Crippen LogP contribution < -0.4 is 21.0 Å². The van der Waals surface area contributed by atoms with E-state index in [-0.39, 0.29) is 17.7 Å². The zero-order valence-electron chi connectivity index (χ0n) is 17.5. The van der Waals surface area contributed by atoms with Crippen LogP contribution in [0.3, 0.4) is 0 Å². The van der Waals surface area contributed by atoms with Crippen LogP contribution >= 0.6 is 27.5 Å². The first-order valence-electron chi connectivity index (χ1n) is 10.3. The first-order chi connectivity index (χ1) is 16.0. The lowest BCUT2D eigenvalue weighted by Gasteiger charge is -2.13. The van der Waals surface area contributed by atoms with Crippen molar-refractivity contribution in [1.82, 2.24) is 16.3 Å². The van der Waals surface area contributed by atoms with Crippen molar-refractivity contribution in [2.45, 2.75) is 25.1 Å². The number of phenols is 1. The number of nitrogens with zero attached hydrogens (tertiary/aromatic N) is 1. The third-order valence-electron chi connectivity index (χ3n) is 5.20. The topological polar surface area (TPSA) is 95.0 Å². The molecule has 3 aromatic carbocycles. The summed E-state index contributed by atoms with van der Waals surface area (Å²) in [5.74, 6) is 0.524. The molecule has 2 atom stereocenters. The number of hydrazine groups is 1. The number of carbonyl (C=O) groups is 1. The van der Waals surface area contributed by atoms with Gasteiger partial charge in [-0.15, -0.1) is 0 Å². The van der Waals surface area contributed by atoms with Gasteiger partial charge in [-0.05, 0) is 48.4 Å². The molecule has 33 heavy (non-hydrogen) atoms. The van der Waals surface area contributed by atoms with E-state index in [1.165, 1.54) is 6.21 Å². The molecule has 1 heterocycles. The van der Waals surface area contributed by atoms with Gasteiger partial charge in [0.2, 0.25) is 0 Å². The summed E-state index contributed by atoms with van der Waals surface area (Å²) in [6, 6.07) is 19.7. The number of hydrogen-bond acceptors (Lipinski definition) is 6. The van der Waals surface area contributed by atoms with Crippen LogP contribution in [-0.4, -0.2) is 23.3 Å². The second kappa shape index (κ2) is 10.8. The van der Waals surface area contributed by atoms with E-state index in [4.69, 9.17) is 16.3 Å². The maximum absolute atomic E-state index is 12.5. The molecule has 170 valence electrons. The van der Waals surface area contributed by atoms with Crippen molar-refractivity contribution >= 4 is 39.7 Å². The van der Waals surface area contributed by atoms with Crippen LogP contribution in [0.1, 0.15) is 29.2 Å². The lowest BCUT2D eigenvalue weighted by Crippen LogP contribution is -2.41. The standard InChI is InChI=1S/C24H22BrClN4O3/c25-18-8-9-23(31)17(10-18)13-27-30-24(32)22-12-21(28-29-22)15-5-3-6-19(11-15)33-14-16-4-1-2-7-20(16)26/h1-11,13,21-22,28-29,31H,12,14H2,(H,30,32)/b27-13+. The van der Waals surface area contributed by atoms with E-state index >= 15 is 0 Å². The number of phenolic OH excluding ortho intramolecular Hbond substituents is 1. The molecule has 4 rings (SSSR count). The summed E-state index contributed by atoms with van der Waals surface area (Å²) in [7, 11) is 0. The van der Waals surface area contributed by atoms with E-state index in [0.29, 0.717) is 23.6 Å². The lowest BCUT2D eigenvalue weighted by molar-refractivity contribution is -0.122. The number of benzene rings is 3. The van der Waals surface area contributed by atoms with E-state index in [9.17, 15) is 9.90 Å². The van der Waals surface area contributed by atoms with Crippen LogP contribution in [0.4, 0.5) is 0 Å². The van der Waals surface area contributed by atoms with Crippen molar-refractivity contribution in [1.29, 1.82) is 0 Å². The fourth-order valence-electron chi connectivity index (χ4n) is 3.42. The first kappa shape index (κ1) is 23.3. The van der Waals surface area contributed by atoms with Crippen molar-refractivity contribution in [3.63, 3.8) is 0 Å². The Kier molecular flexibility index (Phi) is 7.61. The number of ether oxygens (including phenoxy) is 1. The number of nitrogens with one attached hydrogen (secondary N) is 3. The highest BCUT2D eigenvalue weighted by molar-refractivity contribution is 9.10. The number of amides is 1. The van der Waals surface area contributed by atoms with Gasteiger partial charge in [0, 0.05) is 26.7 Å². The number of aromatic hydroxyl groups is 1. The Hall–Kier alpha value is -2.91. The zero-order valence-corrected chi connectivity index (χ0v) is 19.8. The summed E-state index contributed by atoms with van der Waals surface area (Å²) >= 11 is 9.53. The van der Waals surface area contributed by atoms with Gasteiger partial charge in [0.05, 0.1) is 6.21 Å². The Labute approximate surface area is 204 Å². The molecule has 0 aliphatic carbocycles. The monoisotopic (exact) mass is 528 g/mol. The van der Waals surface area contributed by atoms with E-state index in [1.54, 1.807) is 18.2 Å². The first-order valence-corrected chi connectivity index (χ1v) is 11.5. The Bertz CT molecular complexity index is 1170. The van der Waals surface area contributed by atoms with Crippen molar-refractivity contribution in [2.24, 2.45) is 5.10 Å². The van der Waals surface area contributed by atoms with Gasteiger partial charge in [0.25, 0.3) is 5.91 Å². The van der Waals surface area contributed by atoms with Gasteiger partial charge in [0.15, 0.2) is 0 Å². The zero-order chi connectivity index (χ0) is 23.2. The van der Waals surface area contributed by atoms with Crippen LogP contribution in [0.2, 0.25) is 5.02 Å². The van der Waals surface area contributed by atoms with Crippen molar-refractivity contribution in [3.8, 4) is 11.5 Å². The normalized spacial score (nSPS) is 17.9. The van der Waals surface area contributed by atoms with Gasteiger partial charge in [-0.1, -0.05) is 57.9 Å². The van der Waals surface area contributed by atoms with Crippen molar-refractivity contribution in [3.05, 3.63) is 92.9 Å². The van der Waals surface area contributed by atoms with Gasteiger partial charge in [0.1, 0.15) is 24.1 Å². The molecule has 1 aliphatic rings. The van der Waals surface area contributed by atoms with Crippen LogP contribution in [0.15, 0.2) is 76.3 Å². The molecule has 0 saturated carbocycles. The molecule has 1 saturated heterocycles. The molecular formula is C24H22BrClN4O3. The molecule has 1 fully saturated rings. The largest absolute Gasteiger partial charge is 0.507 e. The third kappa shape index (κ3) is 6.11. The van der Waals surface area contributed by atoms with E-state index in [0.717, 1.165) is 21.3 Å². The molecule has 0 bridgehead atoms. The second-order valence-electron chi connectivity index (χ2n) is 7.52. The SMILES string of the molecule is O=C(N/N=C/c1cc(Br)ccc1O)C1CC(c2cccc(OCc3ccccc3Cl)c2)NN1. The van der Waals surface area contributed by atoms with Crippen LogP contribution in [0.5, 0.6) is 11.5 Å². The molecule has 4 N–H and O–H groups in total. The van der Waals surface area contributed by atoms with E-state index in [2.05, 4.69) is 37.3 Å². The average Bonchev–Trinajstić information content (AvgIpc) is 3.31. The van der Waals surface area contributed by atoms with Crippen LogP contribution in [0.25, 0.3) is 0 Å². The maximum Gasteiger partial charge on any atom is 0.258 e. The fourth-order valence-corrected chi connectivity index (χ4v) is 3.99. The number of hydrazone groups is 1. The second-order valence-corrected chi connectivity index (χ2v) is 8.84. The Morgan fingerprint density at radius 2 is 2.03 bits per heavy atom. The Balaban J connectivity index is 1.32. The van der Waals surface area contributed by atoms with Crippen LogP contribution in [-0.2, 0) is 11.4 Å². The summed E-state index contributed by atoms with van der Waals surface area (Å²) in [6.45, 7) is 0.371. The highest BCUT2D eigenvalue weighted by Crippen LogP contribution is 2.26. The summed E-state index contributed by atoms with van der Waals surface area (Å²) in [5, 5.41) is 14.5. The highest BCUT2D eigenvalue weighted by atomic mass is 79.9. The predicted octanol–water partition coefficient (Wildman–Crippen LogP) is 4.45. The minimum absolute atomic E-state index is 0.0669. The highest BCUT2D eigenvalue weighted by Gasteiger charge is 2.30. The minimum atomic E-state index is -0.462. The van der Waals surface area contributed by atoms with Gasteiger partial charge in [-0.2, -0.15) is 5.10 Å². The molecule has 0 radical (unpaired) electrons. The Morgan fingerprint density at radius 3 is 2.88 bits per heavy atom. The molecule has 0 aromatic heterocycles. The third-order valence-corrected chi connectivity index (χ3v) is 6.06. The van der Waals surface area contributed by atoms with Gasteiger partial charge in [-0.25, -0.2) is 16.3 Å². The van der Waals surface area contributed by atoms with Gasteiger partial charge in [-0.3, -0.25) is 4.79 Å². The average molecular weight is 530 g/mol. The van der Waals surface area contributed by atoms with Gasteiger partial charge >= 0.3 is 0 Å². The van der Waals surface area contributed by atoms with E-state index < -0.39 is 6.04 Å². The summed E-state index contributed by atoms with van der Waals surface area (Å²) in [6.07, 6.45) is 1.94. The molecule has 7 nitrogen and oxygen atoms in total. The quantitative estimate of drug-likeness (QED) is 0.268. The molecular weight excluding hydrogens is 508 g/mol. The number of halogens is 2. The number of hydrogen-bond donors (Lipinski definition) is 4. The summed E-state index contributed by atoms with van der Waals surface area (Å²) in [4.78, 5) is 12.5. The minimum Gasteiger partial charge on any atom is -0.507 e. The van der Waals surface area contributed by atoms with Crippen molar-refractivity contribution < 1.29 is 14.6 Å². The van der Waals surface area contributed by atoms with Gasteiger partial charge < -0.3 is 9.84 Å². The number of carbonyl (C=O) groups excluding carboxylic acids is 1. The molecule has 2 unspecified atom stereocenters. The predicted molar refractivity (Wildman–Crippen MR) is 131 cm³/mol. The Morgan fingerprint density at radius 1 is 1.18 bits per heavy atom. The molecule has 1 aliphatic heterocycles. The smallest absolute Gasteiger partial charge is 0.258 e. The lowest BCUT2D eigenvalue weighted by atomic mass is 10.0. The molecule has 1 amide bonds. The van der Waals surface area contributed by atoms with Crippen molar-refractivity contribution in [2.75, 3.05) is 0 Å².